The number of aliphatic carboxylic acids is 1. The van der Waals surface area contributed by atoms with Crippen molar-refractivity contribution in [3.63, 3.8) is 0 Å². The van der Waals surface area contributed by atoms with E-state index < -0.39 is 11.4 Å². The first-order valence-electron chi connectivity index (χ1n) is 3.89. The number of carboxylic acids is 1. The van der Waals surface area contributed by atoms with Crippen LogP contribution in [0.1, 0.15) is 9.88 Å². The van der Waals surface area contributed by atoms with Gasteiger partial charge in [0, 0.05) is 11.1 Å². The molecule has 0 amide bonds. The highest BCUT2D eigenvalue weighted by molar-refractivity contribution is 7.11. The number of ether oxygens (including phenoxy) is 1. The maximum absolute atomic E-state index is 11.0. The number of carboxylic acid groups (broad SMARTS) is 1. The molecule has 1 aliphatic rings. The van der Waals surface area contributed by atoms with Crippen molar-refractivity contribution in [1.29, 1.82) is 0 Å². The quantitative estimate of drug-likeness (QED) is 0.765. The van der Waals surface area contributed by atoms with Gasteiger partial charge in [0.2, 0.25) is 0 Å². The fraction of sp³-hybridized carbons (Fsp3) is 0.500. The van der Waals surface area contributed by atoms with Gasteiger partial charge in [-0.15, -0.1) is 11.3 Å². The van der Waals surface area contributed by atoms with Gasteiger partial charge in [0.25, 0.3) is 0 Å². The van der Waals surface area contributed by atoms with Crippen LogP contribution in [0.15, 0.2) is 6.20 Å². The molecular formula is C8H9NO3S. The van der Waals surface area contributed by atoms with Gasteiger partial charge in [-0.25, -0.2) is 4.98 Å². The fourth-order valence-electron chi connectivity index (χ4n) is 1.26. The van der Waals surface area contributed by atoms with Crippen molar-refractivity contribution in [2.75, 3.05) is 13.2 Å². The Morgan fingerprint density at radius 3 is 2.77 bits per heavy atom. The molecule has 1 aromatic heterocycles. The Labute approximate surface area is 79.2 Å². The molecule has 0 aliphatic carbocycles. The molecule has 5 heteroatoms. The van der Waals surface area contributed by atoms with Crippen LogP contribution in [0.5, 0.6) is 0 Å². The van der Waals surface area contributed by atoms with Crippen molar-refractivity contribution in [2.45, 2.75) is 12.3 Å². The summed E-state index contributed by atoms with van der Waals surface area (Å²) in [5.41, 5.74) is -0.814. The lowest BCUT2D eigenvalue weighted by Gasteiger charge is -2.35. The number of carbonyl (C=O) groups is 1. The molecule has 0 bridgehead atoms. The van der Waals surface area contributed by atoms with Gasteiger partial charge in [0.05, 0.1) is 18.2 Å². The number of rotatable bonds is 2. The molecule has 70 valence electrons. The number of aromatic nitrogens is 1. The van der Waals surface area contributed by atoms with Gasteiger partial charge >= 0.3 is 5.97 Å². The minimum atomic E-state index is -0.817. The summed E-state index contributed by atoms with van der Waals surface area (Å²) in [6.45, 7) is 2.40. The lowest BCUT2D eigenvalue weighted by atomic mass is 9.85. The lowest BCUT2D eigenvalue weighted by Crippen LogP contribution is -2.52. The summed E-state index contributed by atoms with van der Waals surface area (Å²) in [4.78, 5) is 15.9. The second-order valence-corrected chi connectivity index (χ2v) is 4.36. The van der Waals surface area contributed by atoms with Gasteiger partial charge in [-0.3, -0.25) is 4.79 Å². The second kappa shape index (κ2) is 2.78. The number of nitrogens with zero attached hydrogens (tertiary/aromatic N) is 1. The third-order valence-corrected chi connectivity index (χ3v) is 3.32. The molecule has 2 heterocycles. The van der Waals surface area contributed by atoms with E-state index in [1.807, 2.05) is 6.92 Å². The standard InChI is InChI=1S/C8H9NO3S/c1-5-9-2-6(13-5)8(7(10)11)3-12-4-8/h2H,3-4H2,1H3,(H,10,11). The Morgan fingerprint density at radius 2 is 2.46 bits per heavy atom. The van der Waals surface area contributed by atoms with Gasteiger partial charge in [0.15, 0.2) is 0 Å². The highest BCUT2D eigenvalue weighted by atomic mass is 32.1. The largest absolute Gasteiger partial charge is 0.480 e. The molecule has 1 fully saturated rings. The summed E-state index contributed by atoms with van der Waals surface area (Å²) >= 11 is 1.43. The van der Waals surface area contributed by atoms with Gasteiger partial charge in [-0.2, -0.15) is 0 Å². The van der Waals surface area contributed by atoms with Crippen LogP contribution in [0.2, 0.25) is 0 Å². The van der Waals surface area contributed by atoms with E-state index in [1.165, 1.54) is 11.3 Å². The van der Waals surface area contributed by atoms with Gasteiger partial charge in [-0.1, -0.05) is 0 Å². The van der Waals surface area contributed by atoms with E-state index in [0.29, 0.717) is 0 Å². The molecule has 2 rings (SSSR count). The maximum atomic E-state index is 11.0. The number of hydrogen-bond acceptors (Lipinski definition) is 4. The van der Waals surface area contributed by atoms with Crippen LogP contribution in [-0.2, 0) is 14.9 Å². The summed E-state index contributed by atoms with van der Waals surface area (Å²) in [7, 11) is 0. The zero-order chi connectivity index (χ0) is 9.47. The molecule has 0 unspecified atom stereocenters. The Morgan fingerprint density at radius 1 is 1.77 bits per heavy atom. The van der Waals surface area contributed by atoms with Crippen molar-refractivity contribution < 1.29 is 14.6 Å². The molecule has 0 spiro atoms. The van der Waals surface area contributed by atoms with Gasteiger partial charge < -0.3 is 9.84 Å². The van der Waals surface area contributed by atoms with Crippen molar-refractivity contribution >= 4 is 17.3 Å². The zero-order valence-corrected chi connectivity index (χ0v) is 7.93. The number of thiazole rings is 1. The van der Waals surface area contributed by atoms with E-state index >= 15 is 0 Å². The molecule has 0 atom stereocenters. The van der Waals surface area contributed by atoms with E-state index in [4.69, 9.17) is 9.84 Å². The molecule has 1 saturated heterocycles. The average molecular weight is 199 g/mol. The van der Waals surface area contributed by atoms with Gasteiger partial charge in [0.1, 0.15) is 5.41 Å². The topological polar surface area (TPSA) is 59.4 Å². The van der Waals surface area contributed by atoms with Gasteiger partial charge in [-0.05, 0) is 6.92 Å². The predicted molar refractivity (Wildman–Crippen MR) is 47.0 cm³/mol. The molecule has 0 saturated carbocycles. The molecular weight excluding hydrogens is 190 g/mol. The first-order chi connectivity index (χ1) is 6.15. The average Bonchev–Trinajstić information content (AvgIpc) is 2.32. The second-order valence-electron chi connectivity index (χ2n) is 3.12. The van der Waals surface area contributed by atoms with Crippen LogP contribution in [-0.4, -0.2) is 29.3 Å². The van der Waals surface area contributed by atoms with Crippen molar-refractivity contribution in [2.24, 2.45) is 0 Å². The Hall–Kier alpha value is -0.940. The monoisotopic (exact) mass is 199 g/mol. The number of hydrogen-bond donors (Lipinski definition) is 1. The third kappa shape index (κ3) is 1.15. The summed E-state index contributed by atoms with van der Waals surface area (Å²) in [6, 6.07) is 0. The van der Waals surface area contributed by atoms with Crippen molar-refractivity contribution in [1.82, 2.24) is 4.98 Å². The first kappa shape index (κ1) is 8.65. The molecule has 1 aliphatic heterocycles. The number of aryl methyl sites for hydroxylation is 1. The Balaban J connectivity index is 2.37. The van der Waals surface area contributed by atoms with Crippen LogP contribution in [0, 0.1) is 6.92 Å². The summed E-state index contributed by atoms with van der Waals surface area (Å²) < 4.78 is 4.96. The van der Waals surface area contributed by atoms with E-state index in [-0.39, 0.29) is 13.2 Å². The fourth-order valence-corrected chi connectivity index (χ4v) is 2.19. The van der Waals surface area contributed by atoms with Crippen LogP contribution < -0.4 is 0 Å². The molecule has 1 N–H and O–H groups in total. The van der Waals surface area contributed by atoms with Crippen LogP contribution in [0.3, 0.4) is 0 Å². The van der Waals surface area contributed by atoms with E-state index in [9.17, 15) is 4.79 Å². The highest BCUT2D eigenvalue weighted by Gasteiger charge is 2.49. The van der Waals surface area contributed by atoms with Crippen LogP contribution in [0.4, 0.5) is 0 Å². The molecule has 1 aromatic rings. The van der Waals surface area contributed by atoms with E-state index in [0.717, 1.165) is 9.88 Å². The van der Waals surface area contributed by atoms with Crippen LogP contribution in [0.25, 0.3) is 0 Å². The van der Waals surface area contributed by atoms with Crippen molar-refractivity contribution in [3.8, 4) is 0 Å². The SMILES string of the molecule is Cc1ncc(C2(C(=O)O)COC2)s1. The molecule has 13 heavy (non-hydrogen) atoms. The zero-order valence-electron chi connectivity index (χ0n) is 7.11. The van der Waals surface area contributed by atoms with Crippen molar-refractivity contribution in [3.05, 3.63) is 16.1 Å². The normalized spacial score (nSPS) is 19.5. The molecule has 0 radical (unpaired) electrons. The molecule has 0 aromatic carbocycles. The Kier molecular flexibility index (Phi) is 1.85. The van der Waals surface area contributed by atoms with E-state index in [2.05, 4.69) is 4.98 Å². The third-order valence-electron chi connectivity index (χ3n) is 2.20. The molecule has 4 nitrogen and oxygen atoms in total. The smallest absolute Gasteiger partial charge is 0.319 e. The first-order valence-corrected chi connectivity index (χ1v) is 4.71. The minimum Gasteiger partial charge on any atom is -0.480 e. The minimum absolute atomic E-state index is 0.268. The summed E-state index contributed by atoms with van der Waals surface area (Å²) in [6.07, 6.45) is 1.64. The lowest BCUT2D eigenvalue weighted by molar-refractivity contribution is -0.162. The summed E-state index contributed by atoms with van der Waals surface area (Å²) in [5, 5.41) is 9.94. The Bertz CT molecular complexity index is 343. The predicted octanol–water partition coefficient (Wildman–Crippen LogP) is 0.804. The maximum Gasteiger partial charge on any atom is 0.319 e. The summed E-state index contributed by atoms with van der Waals surface area (Å²) in [5.74, 6) is -0.817. The highest BCUT2D eigenvalue weighted by Crippen LogP contribution is 2.35. The van der Waals surface area contributed by atoms with E-state index in [1.54, 1.807) is 6.20 Å². The van der Waals surface area contributed by atoms with Crippen LogP contribution >= 0.6 is 11.3 Å².